The molecular weight excluding hydrogens is 276 g/mol. The number of rotatable bonds is 2. The van der Waals surface area contributed by atoms with Gasteiger partial charge in [0.1, 0.15) is 5.75 Å². The van der Waals surface area contributed by atoms with Crippen LogP contribution < -0.4 is 5.43 Å². The lowest BCUT2D eigenvalue weighted by Crippen LogP contribution is -2.15. The van der Waals surface area contributed by atoms with Gasteiger partial charge in [-0.3, -0.25) is 0 Å². The average Bonchev–Trinajstić information content (AvgIpc) is 2.48. The molecule has 1 aliphatic carbocycles. The zero-order valence-corrected chi connectivity index (χ0v) is 13.1. The third-order valence-corrected chi connectivity index (χ3v) is 3.93. The Morgan fingerprint density at radius 1 is 1.09 bits per heavy atom. The summed E-state index contributed by atoms with van der Waals surface area (Å²) < 4.78 is 0. The number of aromatic nitrogens is 2. The molecule has 0 saturated carbocycles. The van der Waals surface area contributed by atoms with Gasteiger partial charge in [-0.25, -0.2) is 15.4 Å². The lowest BCUT2D eigenvalue weighted by molar-refractivity contribution is 0.472. The number of nitrogens with zero attached hydrogens (tertiary/aromatic N) is 3. The molecule has 0 amide bonds. The summed E-state index contributed by atoms with van der Waals surface area (Å²) in [5.74, 6) is 0.784. The number of hydrogen-bond donors (Lipinski definition) is 2. The maximum Gasteiger partial charge on any atom is 0.243 e. The largest absolute Gasteiger partial charge is 0.507 e. The van der Waals surface area contributed by atoms with Crippen LogP contribution in [0.1, 0.15) is 40.9 Å². The van der Waals surface area contributed by atoms with Crippen molar-refractivity contribution in [2.24, 2.45) is 5.10 Å². The van der Waals surface area contributed by atoms with E-state index in [2.05, 4.69) is 27.4 Å². The predicted molar refractivity (Wildman–Crippen MR) is 87.4 cm³/mol. The number of fused-ring (bicyclic) bond motifs is 1. The predicted octanol–water partition coefficient (Wildman–Crippen LogP) is 3.26. The summed E-state index contributed by atoms with van der Waals surface area (Å²) in [7, 11) is 0. The number of benzene rings is 1. The van der Waals surface area contributed by atoms with Crippen LogP contribution in [0.2, 0.25) is 0 Å². The minimum Gasteiger partial charge on any atom is -0.507 e. The van der Waals surface area contributed by atoms with E-state index in [1.807, 2.05) is 26.0 Å². The molecule has 22 heavy (non-hydrogen) atoms. The van der Waals surface area contributed by atoms with Gasteiger partial charge in [0.05, 0.1) is 5.71 Å². The Balaban J connectivity index is 1.95. The molecule has 0 radical (unpaired) electrons. The van der Waals surface area contributed by atoms with Crippen molar-refractivity contribution in [3.8, 4) is 5.75 Å². The summed E-state index contributed by atoms with van der Waals surface area (Å²) in [6, 6.07) is 5.61. The van der Waals surface area contributed by atoms with Gasteiger partial charge in [-0.1, -0.05) is 6.07 Å². The van der Waals surface area contributed by atoms with Crippen molar-refractivity contribution >= 4 is 11.7 Å². The lowest BCUT2D eigenvalue weighted by Gasteiger charge is -2.21. The Hall–Kier alpha value is -2.43. The van der Waals surface area contributed by atoms with Gasteiger partial charge in [0.2, 0.25) is 5.95 Å². The number of anilines is 1. The smallest absolute Gasteiger partial charge is 0.243 e. The molecule has 0 unspecified atom stereocenters. The van der Waals surface area contributed by atoms with E-state index in [1.54, 1.807) is 6.07 Å². The van der Waals surface area contributed by atoms with Gasteiger partial charge in [0, 0.05) is 17.0 Å². The molecule has 0 atom stereocenters. The van der Waals surface area contributed by atoms with Crippen LogP contribution in [0.25, 0.3) is 0 Å². The molecule has 0 spiro atoms. The van der Waals surface area contributed by atoms with Gasteiger partial charge >= 0.3 is 0 Å². The van der Waals surface area contributed by atoms with Gasteiger partial charge in [0.25, 0.3) is 0 Å². The Morgan fingerprint density at radius 3 is 2.55 bits per heavy atom. The number of nitrogens with one attached hydrogen (secondary N) is 1. The quantitative estimate of drug-likeness (QED) is 0.834. The zero-order chi connectivity index (χ0) is 15.7. The van der Waals surface area contributed by atoms with E-state index in [0.29, 0.717) is 11.7 Å². The van der Waals surface area contributed by atoms with Gasteiger partial charge in [0.15, 0.2) is 0 Å². The summed E-state index contributed by atoms with van der Waals surface area (Å²) in [6.45, 7) is 5.93. The Kier molecular flexibility index (Phi) is 3.79. The number of aryl methyl sites for hydroxylation is 3. The lowest BCUT2D eigenvalue weighted by atomic mass is 9.86. The van der Waals surface area contributed by atoms with E-state index in [0.717, 1.165) is 41.9 Å². The van der Waals surface area contributed by atoms with Crippen LogP contribution >= 0.6 is 0 Å². The highest BCUT2D eigenvalue weighted by molar-refractivity contribution is 6.05. The minimum absolute atomic E-state index is 0.294. The molecule has 5 nitrogen and oxygen atoms in total. The van der Waals surface area contributed by atoms with Crippen molar-refractivity contribution in [3.05, 3.63) is 46.3 Å². The fourth-order valence-corrected chi connectivity index (χ4v) is 2.95. The highest BCUT2D eigenvalue weighted by atomic mass is 16.3. The van der Waals surface area contributed by atoms with Crippen LogP contribution in [0, 0.1) is 20.8 Å². The van der Waals surface area contributed by atoms with E-state index < -0.39 is 0 Å². The molecular formula is C17H20N4O. The molecule has 1 aromatic carbocycles. The molecule has 5 heteroatoms. The van der Waals surface area contributed by atoms with Crippen LogP contribution in [0.15, 0.2) is 23.3 Å². The van der Waals surface area contributed by atoms with Crippen LogP contribution in [-0.4, -0.2) is 20.8 Å². The molecule has 2 N–H and O–H groups in total. The van der Waals surface area contributed by atoms with Gasteiger partial charge in [-0.15, -0.1) is 0 Å². The second kappa shape index (κ2) is 5.75. The normalized spacial score (nSPS) is 15.7. The van der Waals surface area contributed by atoms with Gasteiger partial charge in [-0.05, 0) is 63.3 Å². The Bertz CT molecular complexity index is 732. The summed E-state index contributed by atoms with van der Waals surface area (Å²) in [5.41, 5.74) is 8.86. The van der Waals surface area contributed by atoms with Crippen molar-refractivity contribution in [2.75, 3.05) is 5.43 Å². The highest BCUT2D eigenvalue weighted by Crippen LogP contribution is 2.31. The van der Waals surface area contributed by atoms with E-state index in [-0.39, 0.29) is 0 Å². The van der Waals surface area contributed by atoms with E-state index in [9.17, 15) is 5.11 Å². The Morgan fingerprint density at radius 2 is 1.82 bits per heavy atom. The number of phenolic OH excluding ortho intramolecular Hbond substituents is 1. The monoisotopic (exact) mass is 296 g/mol. The molecule has 2 aromatic rings. The van der Waals surface area contributed by atoms with Crippen LogP contribution in [0.3, 0.4) is 0 Å². The van der Waals surface area contributed by atoms with Crippen molar-refractivity contribution in [2.45, 2.75) is 40.0 Å². The molecule has 0 fully saturated rings. The molecule has 1 aliphatic rings. The molecule has 3 rings (SSSR count). The summed E-state index contributed by atoms with van der Waals surface area (Å²) in [5, 5.41) is 14.7. The first-order valence-corrected chi connectivity index (χ1v) is 7.51. The number of phenols is 1. The summed E-state index contributed by atoms with van der Waals surface area (Å²) in [6.07, 6.45) is 2.85. The molecule has 0 aliphatic heterocycles. The number of hydrazone groups is 1. The first kappa shape index (κ1) is 14.5. The summed E-state index contributed by atoms with van der Waals surface area (Å²) >= 11 is 0. The van der Waals surface area contributed by atoms with Gasteiger partial charge < -0.3 is 5.11 Å². The SMILES string of the molecule is Cc1cc(C)nc(N/N=C2\CCCc3c(C)ccc(O)c32)n1. The standard InChI is InChI=1S/C17H20N4O/c1-10-7-8-15(22)16-13(10)5-4-6-14(16)20-21-17-18-11(2)9-12(3)19-17/h7-9,22H,4-6H2,1-3H3,(H,18,19,21)/b20-14+. The number of hydrogen-bond acceptors (Lipinski definition) is 5. The second-order valence-corrected chi connectivity index (χ2v) is 5.75. The fraction of sp³-hybridized carbons (Fsp3) is 0.353. The van der Waals surface area contributed by atoms with Crippen molar-refractivity contribution in [1.29, 1.82) is 0 Å². The molecule has 1 aromatic heterocycles. The maximum atomic E-state index is 10.2. The maximum absolute atomic E-state index is 10.2. The molecule has 114 valence electrons. The van der Waals surface area contributed by atoms with Crippen LogP contribution in [0.5, 0.6) is 5.75 Å². The molecule has 0 saturated heterocycles. The fourth-order valence-electron chi connectivity index (χ4n) is 2.95. The zero-order valence-electron chi connectivity index (χ0n) is 13.1. The topological polar surface area (TPSA) is 70.4 Å². The Labute approximate surface area is 130 Å². The first-order valence-electron chi connectivity index (χ1n) is 7.51. The van der Waals surface area contributed by atoms with Crippen molar-refractivity contribution < 1.29 is 5.11 Å². The van der Waals surface area contributed by atoms with Gasteiger partial charge in [-0.2, -0.15) is 5.10 Å². The molecule has 0 bridgehead atoms. The van der Waals surface area contributed by atoms with Crippen LogP contribution in [0.4, 0.5) is 5.95 Å². The first-order chi connectivity index (χ1) is 10.5. The van der Waals surface area contributed by atoms with Crippen molar-refractivity contribution in [3.63, 3.8) is 0 Å². The summed E-state index contributed by atoms with van der Waals surface area (Å²) in [4.78, 5) is 8.65. The van der Waals surface area contributed by atoms with E-state index >= 15 is 0 Å². The average molecular weight is 296 g/mol. The highest BCUT2D eigenvalue weighted by Gasteiger charge is 2.21. The van der Waals surface area contributed by atoms with E-state index in [1.165, 1.54) is 11.1 Å². The van der Waals surface area contributed by atoms with Crippen molar-refractivity contribution in [1.82, 2.24) is 9.97 Å². The minimum atomic E-state index is 0.294. The van der Waals surface area contributed by atoms with Crippen LogP contribution in [-0.2, 0) is 6.42 Å². The number of aromatic hydroxyl groups is 1. The van der Waals surface area contributed by atoms with E-state index in [4.69, 9.17) is 0 Å². The molecule has 1 heterocycles. The second-order valence-electron chi connectivity index (χ2n) is 5.75. The third kappa shape index (κ3) is 2.79. The third-order valence-electron chi connectivity index (χ3n) is 3.93.